The second-order valence-corrected chi connectivity index (χ2v) is 6.01. The first kappa shape index (κ1) is 11.3. The molecule has 0 saturated carbocycles. The largest absolute Gasteiger partial charge is 0.465 e. The zero-order chi connectivity index (χ0) is 13.0. The van der Waals surface area contributed by atoms with E-state index in [2.05, 4.69) is 29.2 Å². The first-order valence-corrected chi connectivity index (χ1v) is 7.04. The lowest BCUT2D eigenvalue weighted by atomic mass is 10.1. The molecule has 1 N–H and O–H groups in total. The molecule has 19 heavy (non-hydrogen) atoms. The average molecular weight is 258 g/mol. The molecule has 4 heteroatoms. The number of rotatable bonds is 1. The number of amides is 1. The van der Waals surface area contributed by atoms with E-state index >= 15 is 0 Å². The predicted octanol–water partition coefficient (Wildman–Crippen LogP) is 1.59. The molecule has 0 aromatic heterocycles. The van der Waals surface area contributed by atoms with Crippen molar-refractivity contribution >= 4 is 6.09 Å². The van der Waals surface area contributed by atoms with Crippen LogP contribution in [-0.2, 0) is 12.8 Å². The maximum atomic E-state index is 11.1. The Morgan fingerprint density at radius 2 is 1.74 bits per heavy atom. The predicted molar refractivity (Wildman–Crippen MR) is 71.3 cm³/mol. The van der Waals surface area contributed by atoms with Gasteiger partial charge in [-0.1, -0.05) is 24.3 Å². The van der Waals surface area contributed by atoms with E-state index in [1.54, 1.807) is 4.90 Å². The van der Waals surface area contributed by atoms with Gasteiger partial charge in [0.15, 0.2) is 0 Å². The van der Waals surface area contributed by atoms with Gasteiger partial charge in [-0.15, -0.1) is 0 Å². The van der Waals surface area contributed by atoms with E-state index in [0.29, 0.717) is 18.6 Å². The average Bonchev–Trinajstić information content (AvgIpc) is 3.10. The topological polar surface area (TPSA) is 43.8 Å². The van der Waals surface area contributed by atoms with E-state index in [1.807, 2.05) is 0 Å². The standard InChI is InChI=1S/C15H18N2O2/c18-15(19)17-9-13-7-14(17)8-16(13)12-5-10-3-1-2-4-11(10)6-12/h1-4,12-14H,5-9H2,(H,18,19). The van der Waals surface area contributed by atoms with Crippen LogP contribution < -0.4 is 0 Å². The van der Waals surface area contributed by atoms with Crippen molar-refractivity contribution < 1.29 is 9.90 Å². The lowest BCUT2D eigenvalue weighted by Gasteiger charge is -2.36. The Morgan fingerprint density at radius 3 is 2.26 bits per heavy atom. The van der Waals surface area contributed by atoms with E-state index in [9.17, 15) is 4.79 Å². The molecule has 100 valence electrons. The Hall–Kier alpha value is -1.55. The molecular weight excluding hydrogens is 240 g/mol. The molecule has 2 saturated heterocycles. The molecule has 2 fully saturated rings. The van der Waals surface area contributed by atoms with Crippen molar-refractivity contribution in [2.75, 3.05) is 13.1 Å². The molecule has 2 unspecified atom stereocenters. The van der Waals surface area contributed by atoms with Crippen LogP contribution in [0.3, 0.4) is 0 Å². The van der Waals surface area contributed by atoms with Crippen LogP contribution in [0.4, 0.5) is 4.79 Å². The number of likely N-dealkylation sites (tertiary alicyclic amines) is 2. The van der Waals surface area contributed by atoms with Gasteiger partial charge in [-0.2, -0.15) is 0 Å². The maximum absolute atomic E-state index is 11.1. The fourth-order valence-corrected chi connectivity index (χ4v) is 4.15. The van der Waals surface area contributed by atoms with E-state index in [0.717, 1.165) is 25.8 Å². The minimum atomic E-state index is -0.748. The third-order valence-electron chi connectivity index (χ3n) is 5.03. The number of carboxylic acid groups (broad SMARTS) is 1. The highest BCUT2D eigenvalue weighted by Gasteiger charge is 2.48. The molecular formula is C15H18N2O2. The molecule has 2 heterocycles. The van der Waals surface area contributed by atoms with Crippen LogP contribution in [0.1, 0.15) is 17.5 Å². The highest BCUT2D eigenvalue weighted by molar-refractivity contribution is 5.66. The molecule has 1 aliphatic carbocycles. The Labute approximate surface area is 112 Å². The Bertz CT molecular complexity index is 506. The van der Waals surface area contributed by atoms with Crippen molar-refractivity contribution in [1.29, 1.82) is 0 Å². The van der Waals surface area contributed by atoms with Crippen molar-refractivity contribution in [2.45, 2.75) is 37.4 Å². The first-order chi connectivity index (χ1) is 9.22. The van der Waals surface area contributed by atoms with Gasteiger partial charge >= 0.3 is 6.09 Å². The molecule has 0 radical (unpaired) electrons. The smallest absolute Gasteiger partial charge is 0.407 e. The second-order valence-electron chi connectivity index (χ2n) is 6.01. The van der Waals surface area contributed by atoms with Crippen LogP contribution in [0.15, 0.2) is 24.3 Å². The Morgan fingerprint density at radius 1 is 1.05 bits per heavy atom. The molecule has 1 aromatic rings. The lowest BCUT2D eigenvalue weighted by Crippen LogP contribution is -2.52. The summed E-state index contributed by atoms with van der Waals surface area (Å²) in [4.78, 5) is 15.3. The van der Waals surface area contributed by atoms with E-state index in [1.165, 1.54) is 11.1 Å². The normalized spacial score (nSPS) is 30.0. The zero-order valence-corrected chi connectivity index (χ0v) is 10.8. The summed E-state index contributed by atoms with van der Waals surface area (Å²) < 4.78 is 0. The first-order valence-electron chi connectivity index (χ1n) is 7.04. The van der Waals surface area contributed by atoms with Crippen LogP contribution in [0.5, 0.6) is 0 Å². The molecule has 1 amide bonds. The van der Waals surface area contributed by atoms with Crippen molar-refractivity contribution in [3.63, 3.8) is 0 Å². The molecule has 2 bridgehead atoms. The Kier molecular flexibility index (Phi) is 2.36. The summed E-state index contributed by atoms with van der Waals surface area (Å²) in [6, 6.07) is 9.95. The summed E-state index contributed by atoms with van der Waals surface area (Å²) in [5.74, 6) is 0. The van der Waals surface area contributed by atoms with Gasteiger partial charge in [0.05, 0.1) is 0 Å². The van der Waals surface area contributed by atoms with E-state index < -0.39 is 6.09 Å². The van der Waals surface area contributed by atoms with Gasteiger partial charge in [0.2, 0.25) is 0 Å². The minimum absolute atomic E-state index is 0.228. The van der Waals surface area contributed by atoms with E-state index in [4.69, 9.17) is 5.11 Å². The quantitative estimate of drug-likeness (QED) is 0.832. The van der Waals surface area contributed by atoms with Gasteiger partial charge in [-0.3, -0.25) is 4.90 Å². The number of nitrogens with zero attached hydrogens (tertiary/aromatic N) is 2. The summed E-state index contributed by atoms with van der Waals surface area (Å²) in [6.07, 6.45) is 2.54. The fourth-order valence-electron chi connectivity index (χ4n) is 4.15. The lowest BCUT2D eigenvalue weighted by molar-refractivity contribution is 0.0842. The van der Waals surface area contributed by atoms with Gasteiger partial charge in [-0.05, 0) is 30.4 Å². The number of hydrogen-bond donors (Lipinski definition) is 1. The zero-order valence-electron chi connectivity index (χ0n) is 10.8. The summed E-state index contributed by atoms with van der Waals surface area (Å²) in [5, 5.41) is 9.14. The van der Waals surface area contributed by atoms with E-state index in [-0.39, 0.29) is 6.04 Å². The summed E-state index contributed by atoms with van der Waals surface area (Å²) in [6.45, 7) is 1.63. The summed E-state index contributed by atoms with van der Waals surface area (Å²) in [7, 11) is 0. The molecule has 0 spiro atoms. The third kappa shape index (κ3) is 1.66. The van der Waals surface area contributed by atoms with Crippen LogP contribution in [0, 0.1) is 0 Å². The number of hydrogen-bond acceptors (Lipinski definition) is 2. The highest BCUT2D eigenvalue weighted by atomic mass is 16.4. The maximum Gasteiger partial charge on any atom is 0.407 e. The Balaban J connectivity index is 1.49. The van der Waals surface area contributed by atoms with Crippen molar-refractivity contribution in [3.8, 4) is 0 Å². The van der Waals surface area contributed by atoms with Crippen LogP contribution in [-0.4, -0.2) is 52.2 Å². The monoisotopic (exact) mass is 258 g/mol. The molecule has 4 nitrogen and oxygen atoms in total. The number of piperazine rings is 1. The van der Waals surface area contributed by atoms with Gasteiger partial charge in [0.25, 0.3) is 0 Å². The van der Waals surface area contributed by atoms with Crippen LogP contribution in [0.2, 0.25) is 0 Å². The van der Waals surface area contributed by atoms with Gasteiger partial charge in [-0.25, -0.2) is 4.79 Å². The minimum Gasteiger partial charge on any atom is -0.465 e. The molecule has 2 aliphatic heterocycles. The highest BCUT2D eigenvalue weighted by Crippen LogP contribution is 2.36. The second kappa shape index (κ2) is 3.97. The molecule has 4 rings (SSSR count). The van der Waals surface area contributed by atoms with Crippen LogP contribution >= 0.6 is 0 Å². The molecule has 3 aliphatic rings. The van der Waals surface area contributed by atoms with Crippen molar-refractivity contribution in [3.05, 3.63) is 35.4 Å². The molecule has 2 atom stereocenters. The summed E-state index contributed by atoms with van der Waals surface area (Å²) >= 11 is 0. The number of carbonyl (C=O) groups is 1. The SMILES string of the molecule is O=C(O)N1CC2CC1CN2C1Cc2ccccc2C1. The number of benzene rings is 1. The summed E-state index contributed by atoms with van der Waals surface area (Å²) in [5.41, 5.74) is 2.95. The number of fused-ring (bicyclic) bond motifs is 3. The van der Waals surface area contributed by atoms with Gasteiger partial charge < -0.3 is 10.0 Å². The van der Waals surface area contributed by atoms with Gasteiger partial charge in [0.1, 0.15) is 0 Å². The fraction of sp³-hybridized carbons (Fsp3) is 0.533. The van der Waals surface area contributed by atoms with Crippen molar-refractivity contribution in [1.82, 2.24) is 9.80 Å². The van der Waals surface area contributed by atoms with Crippen LogP contribution in [0.25, 0.3) is 0 Å². The third-order valence-corrected chi connectivity index (χ3v) is 5.03. The van der Waals surface area contributed by atoms with Gasteiger partial charge in [0, 0.05) is 31.2 Å². The van der Waals surface area contributed by atoms with Crippen molar-refractivity contribution in [2.24, 2.45) is 0 Å². The molecule has 1 aromatic carbocycles.